The van der Waals surface area contributed by atoms with Crippen LogP contribution < -0.4 is 5.32 Å². The Morgan fingerprint density at radius 1 is 1.47 bits per heavy atom. The average molecular weight is 262 g/mol. The topological polar surface area (TPSA) is 49.4 Å². The van der Waals surface area contributed by atoms with Crippen LogP contribution in [0.5, 0.6) is 0 Å². The molecular weight excluding hydrogens is 236 g/mol. The van der Waals surface area contributed by atoms with Crippen LogP contribution in [0.25, 0.3) is 0 Å². The zero-order valence-corrected chi connectivity index (χ0v) is 12.3. The Labute approximate surface area is 106 Å². The van der Waals surface area contributed by atoms with Gasteiger partial charge in [-0.05, 0) is 25.8 Å². The van der Waals surface area contributed by atoms with Crippen LogP contribution in [-0.2, 0) is 9.84 Å². The molecule has 0 saturated carbocycles. The minimum Gasteiger partial charge on any atom is -0.319 e. The van der Waals surface area contributed by atoms with Crippen LogP contribution in [0, 0.1) is 5.41 Å². The van der Waals surface area contributed by atoms with Crippen LogP contribution in [0.15, 0.2) is 0 Å². The van der Waals surface area contributed by atoms with E-state index in [0.717, 1.165) is 19.5 Å². The molecule has 1 saturated heterocycles. The van der Waals surface area contributed by atoms with Crippen molar-refractivity contribution >= 4 is 9.84 Å². The summed E-state index contributed by atoms with van der Waals surface area (Å²) in [4.78, 5) is 2.32. The predicted octanol–water partition coefficient (Wildman–Crippen LogP) is 0.741. The maximum absolute atomic E-state index is 11.5. The van der Waals surface area contributed by atoms with Crippen LogP contribution in [0.3, 0.4) is 0 Å². The van der Waals surface area contributed by atoms with Crippen molar-refractivity contribution in [2.24, 2.45) is 5.41 Å². The van der Waals surface area contributed by atoms with E-state index in [1.54, 1.807) is 0 Å². The number of hydrogen-bond donors (Lipinski definition) is 1. The molecule has 1 heterocycles. The number of rotatable bonds is 5. The molecule has 1 N–H and O–H groups in total. The fraction of sp³-hybridized carbons (Fsp3) is 1.00. The summed E-state index contributed by atoms with van der Waals surface area (Å²) in [5.41, 5.74) is 0.226. The van der Waals surface area contributed by atoms with E-state index < -0.39 is 9.84 Å². The number of hydrogen-bond acceptors (Lipinski definition) is 4. The highest BCUT2D eigenvalue weighted by atomic mass is 32.2. The van der Waals surface area contributed by atoms with Gasteiger partial charge in [-0.2, -0.15) is 0 Å². The predicted molar refractivity (Wildman–Crippen MR) is 72.0 cm³/mol. The molecule has 2 unspecified atom stereocenters. The van der Waals surface area contributed by atoms with E-state index >= 15 is 0 Å². The molecule has 2 atom stereocenters. The van der Waals surface area contributed by atoms with E-state index in [1.807, 2.05) is 14.0 Å². The van der Waals surface area contributed by atoms with Crippen molar-refractivity contribution in [3.8, 4) is 0 Å². The average Bonchev–Trinajstić information content (AvgIpc) is 2.22. The van der Waals surface area contributed by atoms with Crippen molar-refractivity contribution in [3.05, 3.63) is 0 Å². The maximum atomic E-state index is 11.5. The summed E-state index contributed by atoms with van der Waals surface area (Å²) in [6, 6.07) is 0.150. The lowest BCUT2D eigenvalue weighted by Crippen LogP contribution is -2.52. The molecule has 0 radical (unpaired) electrons. The Kier molecular flexibility index (Phi) is 4.98. The molecule has 0 aromatic rings. The first-order chi connectivity index (χ1) is 7.82. The van der Waals surface area contributed by atoms with Crippen molar-refractivity contribution in [1.82, 2.24) is 10.2 Å². The number of sulfone groups is 1. The standard InChI is InChI=1S/C12H26N2O2S/c1-5-12(3,9-13-4)10-14-6-7-17(15,16)8-11(14)2/h11,13H,5-10H2,1-4H3. The molecule has 0 aromatic heterocycles. The Morgan fingerprint density at radius 3 is 2.59 bits per heavy atom. The van der Waals surface area contributed by atoms with Gasteiger partial charge in [0.1, 0.15) is 0 Å². The van der Waals surface area contributed by atoms with Gasteiger partial charge in [-0.15, -0.1) is 0 Å². The van der Waals surface area contributed by atoms with Crippen LogP contribution in [-0.4, -0.2) is 57.5 Å². The summed E-state index contributed by atoms with van der Waals surface area (Å²) in [7, 11) is -0.827. The highest BCUT2D eigenvalue weighted by Crippen LogP contribution is 2.24. The van der Waals surface area contributed by atoms with Crippen molar-refractivity contribution in [3.63, 3.8) is 0 Å². The van der Waals surface area contributed by atoms with E-state index in [4.69, 9.17) is 0 Å². The van der Waals surface area contributed by atoms with E-state index in [0.29, 0.717) is 18.1 Å². The molecule has 0 bridgehead atoms. The van der Waals surface area contributed by atoms with Crippen LogP contribution in [0.1, 0.15) is 27.2 Å². The largest absolute Gasteiger partial charge is 0.319 e. The summed E-state index contributed by atoms with van der Waals surface area (Å²) in [5, 5.41) is 3.23. The second kappa shape index (κ2) is 5.67. The first-order valence-corrected chi connectivity index (χ1v) is 8.23. The minimum absolute atomic E-state index is 0.150. The minimum atomic E-state index is -2.80. The van der Waals surface area contributed by atoms with Crippen molar-refractivity contribution < 1.29 is 8.42 Å². The Bertz CT molecular complexity index is 342. The Morgan fingerprint density at radius 2 is 2.12 bits per heavy atom. The van der Waals surface area contributed by atoms with Crippen LogP contribution >= 0.6 is 0 Å². The third kappa shape index (κ3) is 4.23. The van der Waals surface area contributed by atoms with Crippen LogP contribution in [0.4, 0.5) is 0 Å². The fourth-order valence-corrected chi connectivity index (χ4v) is 4.10. The SMILES string of the molecule is CCC(C)(CNC)CN1CCS(=O)(=O)CC1C. The highest BCUT2D eigenvalue weighted by molar-refractivity contribution is 7.91. The third-order valence-electron chi connectivity index (χ3n) is 3.85. The quantitative estimate of drug-likeness (QED) is 0.794. The molecule has 0 amide bonds. The monoisotopic (exact) mass is 262 g/mol. The molecular formula is C12H26N2O2S. The Hall–Kier alpha value is -0.130. The summed E-state index contributed by atoms with van der Waals surface area (Å²) >= 11 is 0. The molecule has 1 aliphatic rings. The summed E-state index contributed by atoms with van der Waals surface area (Å²) < 4.78 is 23.1. The van der Waals surface area contributed by atoms with E-state index in [2.05, 4.69) is 24.1 Å². The third-order valence-corrected chi connectivity index (χ3v) is 5.64. The van der Waals surface area contributed by atoms with E-state index in [9.17, 15) is 8.42 Å². The lowest BCUT2D eigenvalue weighted by atomic mass is 9.86. The van der Waals surface area contributed by atoms with Gasteiger partial charge in [-0.1, -0.05) is 13.8 Å². The van der Waals surface area contributed by atoms with Gasteiger partial charge in [0.25, 0.3) is 0 Å². The lowest BCUT2D eigenvalue weighted by molar-refractivity contribution is 0.131. The van der Waals surface area contributed by atoms with Gasteiger partial charge in [-0.3, -0.25) is 4.90 Å². The smallest absolute Gasteiger partial charge is 0.153 e. The second-order valence-electron chi connectivity index (χ2n) is 5.63. The first-order valence-electron chi connectivity index (χ1n) is 6.41. The lowest BCUT2D eigenvalue weighted by Gasteiger charge is -2.40. The van der Waals surface area contributed by atoms with E-state index in [1.165, 1.54) is 0 Å². The molecule has 0 aliphatic carbocycles. The summed E-state index contributed by atoms with van der Waals surface area (Å²) in [6.07, 6.45) is 1.10. The summed E-state index contributed by atoms with van der Waals surface area (Å²) in [5.74, 6) is 0.628. The van der Waals surface area contributed by atoms with Gasteiger partial charge in [0.2, 0.25) is 0 Å². The number of nitrogens with one attached hydrogen (secondary N) is 1. The molecule has 4 nitrogen and oxygen atoms in total. The zero-order valence-electron chi connectivity index (χ0n) is 11.5. The van der Waals surface area contributed by atoms with Gasteiger partial charge < -0.3 is 5.32 Å². The number of nitrogens with zero attached hydrogens (tertiary/aromatic N) is 1. The molecule has 0 aromatic carbocycles. The zero-order chi connectivity index (χ0) is 13.1. The van der Waals surface area contributed by atoms with Gasteiger partial charge >= 0.3 is 0 Å². The first kappa shape index (κ1) is 14.9. The van der Waals surface area contributed by atoms with Gasteiger partial charge in [-0.25, -0.2) is 8.42 Å². The molecule has 1 fully saturated rings. The van der Waals surface area contributed by atoms with E-state index in [-0.39, 0.29) is 11.5 Å². The maximum Gasteiger partial charge on any atom is 0.153 e. The fourth-order valence-electron chi connectivity index (χ4n) is 2.48. The van der Waals surface area contributed by atoms with Gasteiger partial charge in [0, 0.05) is 25.7 Å². The molecule has 1 aliphatic heterocycles. The van der Waals surface area contributed by atoms with Crippen molar-refractivity contribution in [2.75, 3.05) is 38.2 Å². The molecule has 102 valence electrons. The van der Waals surface area contributed by atoms with Gasteiger partial charge in [0.05, 0.1) is 11.5 Å². The van der Waals surface area contributed by atoms with Crippen molar-refractivity contribution in [1.29, 1.82) is 0 Å². The molecule has 5 heteroatoms. The second-order valence-corrected chi connectivity index (χ2v) is 7.86. The highest BCUT2D eigenvalue weighted by Gasteiger charge is 2.32. The normalized spacial score (nSPS) is 28.8. The van der Waals surface area contributed by atoms with Crippen molar-refractivity contribution in [2.45, 2.75) is 33.2 Å². The Balaban J connectivity index is 2.63. The molecule has 1 rings (SSSR count). The van der Waals surface area contributed by atoms with Crippen LogP contribution in [0.2, 0.25) is 0 Å². The molecule has 17 heavy (non-hydrogen) atoms. The molecule has 0 spiro atoms. The van der Waals surface area contributed by atoms with Gasteiger partial charge in [0.15, 0.2) is 9.84 Å². The summed E-state index contributed by atoms with van der Waals surface area (Å²) in [6.45, 7) is 9.11.